The molecule has 0 atom stereocenters. The highest BCUT2D eigenvalue weighted by Gasteiger charge is 2.03. The predicted octanol–water partition coefficient (Wildman–Crippen LogP) is 2.29. The molecule has 0 radical (unpaired) electrons. The van der Waals surface area contributed by atoms with Crippen molar-refractivity contribution in [3.63, 3.8) is 0 Å². The largest absolute Gasteiger partial charge is 0.486 e. The molecule has 5 nitrogen and oxygen atoms in total. The Kier molecular flexibility index (Phi) is 4.90. The third kappa shape index (κ3) is 3.93. The second-order valence-electron chi connectivity index (χ2n) is 4.43. The van der Waals surface area contributed by atoms with Gasteiger partial charge in [-0.05, 0) is 31.5 Å². The summed E-state index contributed by atoms with van der Waals surface area (Å²) in [5, 5.41) is 12.1. The Bertz CT molecular complexity index is 556. The Morgan fingerprint density at radius 3 is 2.60 bits per heavy atom. The van der Waals surface area contributed by atoms with Crippen LogP contribution in [-0.4, -0.2) is 21.6 Å². The normalized spacial score (nSPS) is 10.3. The molecule has 20 heavy (non-hydrogen) atoms. The lowest BCUT2D eigenvalue weighted by Crippen LogP contribution is -2.07. The Morgan fingerprint density at radius 2 is 1.95 bits per heavy atom. The monoisotopic (exact) mass is 273 g/mol. The van der Waals surface area contributed by atoms with Gasteiger partial charge in [0.15, 0.2) is 5.82 Å². The summed E-state index contributed by atoms with van der Waals surface area (Å²) in [5.41, 5.74) is 1.77. The number of anilines is 1. The maximum absolute atomic E-state index is 8.98. The highest BCUT2D eigenvalue weighted by Crippen LogP contribution is 2.14. The standard InChI is InChI=1S/C15H19N3O2/c1-3-16-14-8-11(2)17-15(18-14)10-20-13-6-4-12(9-19)5-7-13/h4-8,19H,3,9-10H2,1-2H3,(H,16,17,18). The summed E-state index contributed by atoms with van der Waals surface area (Å²) in [5.74, 6) is 2.19. The molecule has 1 aromatic carbocycles. The van der Waals surface area contributed by atoms with Crippen LogP contribution < -0.4 is 10.1 Å². The molecule has 0 spiro atoms. The molecule has 1 heterocycles. The molecule has 2 rings (SSSR count). The van der Waals surface area contributed by atoms with Crippen LogP contribution in [0.2, 0.25) is 0 Å². The van der Waals surface area contributed by atoms with Gasteiger partial charge in [-0.15, -0.1) is 0 Å². The summed E-state index contributed by atoms with van der Waals surface area (Å²) in [6.45, 7) is 5.13. The third-order valence-corrected chi connectivity index (χ3v) is 2.73. The average Bonchev–Trinajstić information content (AvgIpc) is 2.45. The Hall–Kier alpha value is -2.14. The fourth-order valence-corrected chi connectivity index (χ4v) is 1.81. The first-order valence-corrected chi connectivity index (χ1v) is 6.62. The van der Waals surface area contributed by atoms with E-state index in [9.17, 15) is 0 Å². The van der Waals surface area contributed by atoms with Crippen LogP contribution in [0.1, 0.15) is 24.0 Å². The van der Waals surface area contributed by atoms with Crippen molar-refractivity contribution in [3.8, 4) is 5.75 Å². The SMILES string of the molecule is CCNc1cc(C)nc(COc2ccc(CO)cc2)n1. The van der Waals surface area contributed by atoms with E-state index < -0.39 is 0 Å². The molecule has 0 unspecified atom stereocenters. The Labute approximate surface area is 118 Å². The highest BCUT2D eigenvalue weighted by atomic mass is 16.5. The molecule has 0 aliphatic heterocycles. The average molecular weight is 273 g/mol. The number of nitrogens with one attached hydrogen (secondary N) is 1. The van der Waals surface area contributed by atoms with E-state index in [1.807, 2.05) is 44.2 Å². The van der Waals surface area contributed by atoms with Gasteiger partial charge in [-0.2, -0.15) is 0 Å². The first-order valence-electron chi connectivity index (χ1n) is 6.62. The second kappa shape index (κ2) is 6.86. The van der Waals surface area contributed by atoms with Crippen LogP contribution in [0.4, 0.5) is 5.82 Å². The molecule has 2 aromatic rings. The number of ether oxygens (including phenoxy) is 1. The van der Waals surface area contributed by atoms with Crippen LogP contribution in [0, 0.1) is 6.92 Å². The van der Waals surface area contributed by atoms with Crippen molar-refractivity contribution in [2.45, 2.75) is 27.1 Å². The minimum Gasteiger partial charge on any atom is -0.486 e. The van der Waals surface area contributed by atoms with Crippen molar-refractivity contribution in [1.29, 1.82) is 0 Å². The summed E-state index contributed by atoms with van der Waals surface area (Å²) in [4.78, 5) is 8.73. The van der Waals surface area contributed by atoms with Gasteiger partial charge in [-0.1, -0.05) is 12.1 Å². The van der Waals surface area contributed by atoms with Gasteiger partial charge in [0.2, 0.25) is 0 Å². The van der Waals surface area contributed by atoms with Gasteiger partial charge in [0, 0.05) is 18.3 Å². The zero-order valence-electron chi connectivity index (χ0n) is 11.8. The van der Waals surface area contributed by atoms with Crippen molar-refractivity contribution in [2.75, 3.05) is 11.9 Å². The maximum atomic E-state index is 8.98. The minimum absolute atomic E-state index is 0.0350. The summed E-state index contributed by atoms with van der Waals surface area (Å²) < 4.78 is 5.65. The van der Waals surface area contributed by atoms with E-state index in [4.69, 9.17) is 9.84 Å². The van der Waals surface area contributed by atoms with Gasteiger partial charge in [0.05, 0.1) is 6.61 Å². The molecule has 0 fully saturated rings. The minimum atomic E-state index is 0.0350. The molecule has 0 saturated carbocycles. The van der Waals surface area contributed by atoms with Crippen molar-refractivity contribution in [3.05, 3.63) is 47.4 Å². The molecule has 0 saturated heterocycles. The molecule has 0 amide bonds. The number of nitrogens with zero attached hydrogens (tertiary/aromatic N) is 2. The van der Waals surface area contributed by atoms with Gasteiger partial charge in [-0.25, -0.2) is 9.97 Å². The first-order chi connectivity index (χ1) is 9.71. The zero-order valence-corrected chi connectivity index (χ0v) is 11.8. The lowest BCUT2D eigenvalue weighted by atomic mass is 10.2. The number of aryl methyl sites for hydroxylation is 1. The van der Waals surface area contributed by atoms with Crippen LogP contribution in [0.3, 0.4) is 0 Å². The Morgan fingerprint density at radius 1 is 1.20 bits per heavy atom. The number of aromatic nitrogens is 2. The predicted molar refractivity (Wildman–Crippen MR) is 77.6 cm³/mol. The highest BCUT2D eigenvalue weighted by molar-refractivity contribution is 5.35. The lowest BCUT2D eigenvalue weighted by Gasteiger charge is -2.09. The van der Waals surface area contributed by atoms with E-state index in [-0.39, 0.29) is 6.61 Å². The van der Waals surface area contributed by atoms with Gasteiger partial charge in [-0.3, -0.25) is 0 Å². The maximum Gasteiger partial charge on any atom is 0.168 e. The van der Waals surface area contributed by atoms with E-state index in [0.717, 1.165) is 29.4 Å². The fraction of sp³-hybridized carbons (Fsp3) is 0.333. The number of hydrogen-bond donors (Lipinski definition) is 2. The van der Waals surface area contributed by atoms with E-state index in [1.165, 1.54) is 0 Å². The van der Waals surface area contributed by atoms with E-state index >= 15 is 0 Å². The summed E-state index contributed by atoms with van der Waals surface area (Å²) >= 11 is 0. The molecular formula is C15H19N3O2. The number of benzene rings is 1. The number of rotatable bonds is 6. The molecule has 1 aromatic heterocycles. The number of hydrogen-bond acceptors (Lipinski definition) is 5. The van der Waals surface area contributed by atoms with Crippen LogP contribution in [0.25, 0.3) is 0 Å². The molecule has 0 aliphatic carbocycles. The van der Waals surface area contributed by atoms with Gasteiger partial charge in [0.1, 0.15) is 18.2 Å². The van der Waals surface area contributed by atoms with Gasteiger partial charge < -0.3 is 15.2 Å². The molecule has 2 N–H and O–H groups in total. The molecule has 0 bridgehead atoms. The third-order valence-electron chi connectivity index (χ3n) is 2.73. The van der Waals surface area contributed by atoms with Crippen molar-refractivity contribution < 1.29 is 9.84 Å². The molecule has 5 heteroatoms. The van der Waals surface area contributed by atoms with Crippen molar-refractivity contribution in [2.24, 2.45) is 0 Å². The summed E-state index contributed by atoms with van der Waals surface area (Å²) in [7, 11) is 0. The summed E-state index contributed by atoms with van der Waals surface area (Å²) in [6.07, 6.45) is 0. The second-order valence-corrected chi connectivity index (χ2v) is 4.43. The summed E-state index contributed by atoms with van der Waals surface area (Å²) in [6, 6.07) is 9.22. The number of aliphatic hydroxyl groups excluding tert-OH is 1. The van der Waals surface area contributed by atoms with Crippen molar-refractivity contribution >= 4 is 5.82 Å². The molecule has 106 valence electrons. The van der Waals surface area contributed by atoms with E-state index in [1.54, 1.807) is 0 Å². The van der Waals surface area contributed by atoms with Crippen LogP contribution in [0.5, 0.6) is 5.75 Å². The van der Waals surface area contributed by atoms with Crippen LogP contribution in [0.15, 0.2) is 30.3 Å². The number of aliphatic hydroxyl groups is 1. The van der Waals surface area contributed by atoms with Crippen LogP contribution >= 0.6 is 0 Å². The lowest BCUT2D eigenvalue weighted by molar-refractivity contribution is 0.280. The van der Waals surface area contributed by atoms with Gasteiger partial charge in [0.25, 0.3) is 0 Å². The fourth-order valence-electron chi connectivity index (χ4n) is 1.81. The van der Waals surface area contributed by atoms with Crippen LogP contribution in [-0.2, 0) is 13.2 Å². The Balaban J connectivity index is 2.02. The zero-order chi connectivity index (χ0) is 14.4. The molecular weight excluding hydrogens is 254 g/mol. The van der Waals surface area contributed by atoms with E-state index in [2.05, 4.69) is 15.3 Å². The topological polar surface area (TPSA) is 67.3 Å². The first kappa shape index (κ1) is 14.3. The van der Waals surface area contributed by atoms with E-state index in [0.29, 0.717) is 12.4 Å². The van der Waals surface area contributed by atoms with Gasteiger partial charge >= 0.3 is 0 Å². The quantitative estimate of drug-likeness (QED) is 0.845. The molecule has 0 aliphatic rings. The smallest absolute Gasteiger partial charge is 0.168 e. The van der Waals surface area contributed by atoms with Crippen molar-refractivity contribution in [1.82, 2.24) is 9.97 Å².